The number of hydrogen-bond donors (Lipinski definition) is 0. The number of hydrogen-bond acceptors (Lipinski definition) is 6. The molecule has 2 aromatic rings. The van der Waals surface area contributed by atoms with Crippen molar-refractivity contribution in [3.05, 3.63) is 53.6 Å². The second kappa shape index (κ2) is 15.4. The van der Waals surface area contributed by atoms with Gasteiger partial charge in [-0.05, 0) is 81.2 Å². The Balaban J connectivity index is 0.00000512. The topological polar surface area (TPSA) is 57.2 Å². The Bertz CT molecular complexity index is 797. The Morgan fingerprint density at radius 3 is 2.16 bits per heavy atom. The number of nitrogens with zero attached hydrogens (tertiary/aromatic N) is 1. The van der Waals surface area contributed by atoms with Gasteiger partial charge in [0, 0.05) is 0 Å². The van der Waals surface area contributed by atoms with Gasteiger partial charge in [-0.3, -0.25) is 0 Å². The number of rotatable bonds is 14. The molecule has 0 amide bonds. The van der Waals surface area contributed by atoms with Gasteiger partial charge in [-0.15, -0.1) is 12.4 Å². The standard InChI is InChI=1S/C25H35NO5.ClH/c1-5-26(17-8-9-20-10-13-22(28-2)14-11-20)16-6-7-18-31-25(27)21-12-15-23(29-3)24(19-21)30-4;/h10-15,19H,5-9,16-18H2,1-4H3;1H. The van der Waals surface area contributed by atoms with E-state index < -0.39 is 0 Å². The van der Waals surface area contributed by atoms with Crippen LogP contribution in [0.1, 0.15) is 42.1 Å². The monoisotopic (exact) mass is 465 g/mol. The van der Waals surface area contributed by atoms with Crippen LogP contribution in [0.3, 0.4) is 0 Å². The summed E-state index contributed by atoms with van der Waals surface area (Å²) < 4.78 is 21.0. The van der Waals surface area contributed by atoms with Crippen LogP contribution in [0.2, 0.25) is 0 Å². The molecule has 0 atom stereocenters. The molecule has 0 aromatic heterocycles. The van der Waals surface area contributed by atoms with Crippen molar-refractivity contribution >= 4 is 18.4 Å². The van der Waals surface area contributed by atoms with Crippen molar-refractivity contribution in [1.82, 2.24) is 4.90 Å². The maximum Gasteiger partial charge on any atom is 0.338 e. The highest BCUT2D eigenvalue weighted by Crippen LogP contribution is 2.27. The number of aryl methyl sites for hydroxylation is 1. The zero-order valence-electron chi connectivity index (χ0n) is 19.6. The third kappa shape index (κ3) is 8.97. The molecule has 0 radical (unpaired) electrons. The first-order valence-electron chi connectivity index (χ1n) is 10.9. The van der Waals surface area contributed by atoms with Crippen molar-refractivity contribution in [1.29, 1.82) is 0 Å². The molecule has 32 heavy (non-hydrogen) atoms. The summed E-state index contributed by atoms with van der Waals surface area (Å²) in [4.78, 5) is 14.7. The molecule has 0 N–H and O–H groups in total. The SMILES string of the molecule is CCN(CCCCOC(=O)c1ccc(OC)c(OC)c1)CCCc1ccc(OC)cc1.Cl. The number of methoxy groups -OCH3 is 3. The van der Waals surface area contributed by atoms with Crippen LogP contribution < -0.4 is 14.2 Å². The van der Waals surface area contributed by atoms with Gasteiger partial charge in [-0.2, -0.15) is 0 Å². The van der Waals surface area contributed by atoms with Crippen LogP contribution in [0.15, 0.2) is 42.5 Å². The number of benzene rings is 2. The molecule has 0 aliphatic rings. The van der Waals surface area contributed by atoms with Crippen LogP contribution in [0.5, 0.6) is 17.2 Å². The fourth-order valence-electron chi connectivity index (χ4n) is 3.38. The van der Waals surface area contributed by atoms with Gasteiger partial charge < -0.3 is 23.8 Å². The maximum absolute atomic E-state index is 12.2. The summed E-state index contributed by atoms with van der Waals surface area (Å²) in [5.41, 5.74) is 1.80. The minimum atomic E-state index is -0.340. The van der Waals surface area contributed by atoms with E-state index in [1.165, 1.54) is 5.56 Å². The lowest BCUT2D eigenvalue weighted by Gasteiger charge is -2.20. The fourth-order valence-corrected chi connectivity index (χ4v) is 3.38. The van der Waals surface area contributed by atoms with Crippen molar-refractivity contribution in [3.8, 4) is 17.2 Å². The van der Waals surface area contributed by atoms with E-state index in [0.29, 0.717) is 23.7 Å². The van der Waals surface area contributed by atoms with Crippen LogP contribution in [0.4, 0.5) is 0 Å². The number of ether oxygens (including phenoxy) is 4. The Labute approximate surface area is 198 Å². The molecule has 0 spiro atoms. The first-order chi connectivity index (χ1) is 15.1. The van der Waals surface area contributed by atoms with Crippen molar-refractivity contribution in [2.75, 3.05) is 47.6 Å². The molecule has 0 saturated carbocycles. The predicted molar refractivity (Wildman–Crippen MR) is 130 cm³/mol. The number of esters is 1. The Morgan fingerprint density at radius 2 is 1.53 bits per heavy atom. The highest BCUT2D eigenvalue weighted by atomic mass is 35.5. The van der Waals surface area contributed by atoms with Crippen LogP contribution >= 0.6 is 12.4 Å². The molecule has 6 nitrogen and oxygen atoms in total. The van der Waals surface area contributed by atoms with Gasteiger partial charge in [-0.1, -0.05) is 19.1 Å². The predicted octanol–water partition coefficient (Wildman–Crippen LogP) is 5.03. The molecule has 0 bridgehead atoms. The fraction of sp³-hybridized carbons (Fsp3) is 0.480. The second-order valence-electron chi connectivity index (χ2n) is 7.30. The summed E-state index contributed by atoms with van der Waals surface area (Å²) in [6.07, 6.45) is 4.02. The van der Waals surface area contributed by atoms with Crippen molar-refractivity contribution < 1.29 is 23.7 Å². The molecule has 2 rings (SSSR count). The first-order valence-corrected chi connectivity index (χ1v) is 10.9. The van der Waals surface area contributed by atoms with Crippen LogP contribution in [-0.4, -0.2) is 58.4 Å². The summed E-state index contributed by atoms with van der Waals surface area (Å²) in [7, 11) is 4.79. The van der Waals surface area contributed by atoms with E-state index in [2.05, 4.69) is 24.0 Å². The number of carbonyl (C=O) groups excluding carboxylic acids is 1. The molecule has 0 aliphatic heterocycles. The normalized spacial score (nSPS) is 10.4. The largest absolute Gasteiger partial charge is 0.497 e. The highest BCUT2D eigenvalue weighted by Gasteiger charge is 2.12. The van der Waals surface area contributed by atoms with Gasteiger partial charge in [-0.25, -0.2) is 4.79 Å². The molecular weight excluding hydrogens is 430 g/mol. The number of carbonyl (C=O) groups is 1. The lowest BCUT2D eigenvalue weighted by atomic mass is 10.1. The zero-order chi connectivity index (χ0) is 22.5. The quantitative estimate of drug-likeness (QED) is 0.288. The Hall–Kier alpha value is -2.44. The summed E-state index contributed by atoms with van der Waals surface area (Å²) in [6.45, 7) is 5.69. The van der Waals surface area contributed by atoms with E-state index in [-0.39, 0.29) is 18.4 Å². The van der Waals surface area contributed by atoms with Crippen LogP contribution in [-0.2, 0) is 11.2 Å². The summed E-state index contributed by atoms with van der Waals surface area (Å²) in [5, 5.41) is 0. The number of halogens is 1. The molecule has 2 aromatic carbocycles. The molecule has 178 valence electrons. The molecule has 0 aliphatic carbocycles. The van der Waals surface area contributed by atoms with Gasteiger partial charge in [0.15, 0.2) is 11.5 Å². The van der Waals surface area contributed by atoms with Gasteiger partial charge in [0.2, 0.25) is 0 Å². The van der Waals surface area contributed by atoms with Gasteiger partial charge in [0.25, 0.3) is 0 Å². The van der Waals surface area contributed by atoms with E-state index >= 15 is 0 Å². The van der Waals surface area contributed by atoms with E-state index in [9.17, 15) is 4.79 Å². The minimum absolute atomic E-state index is 0. The maximum atomic E-state index is 12.2. The van der Waals surface area contributed by atoms with E-state index in [1.807, 2.05) is 12.1 Å². The average Bonchev–Trinajstić information content (AvgIpc) is 2.82. The van der Waals surface area contributed by atoms with Crippen molar-refractivity contribution in [2.24, 2.45) is 0 Å². The smallest absolute Gasteiger partial charge is 0.338 e. The third-order valence-electron chi connectivity index (χ3n) is 5.27. The molecule has 0 saturated heterocycles. The summed E-state index contributed by atoms with van der Waals surface area (Å²) >= 11 is 0. The summed E-state index contributed by atoms with van der Waals surface area (Å²) in [5.74, 6) is 1.66. The summed E-state index contributed by atoms with van der Waals surface area (Å²) in [6, 6.07) is 13.3. The van der Waals surface area contributed by atoms with Gasteiger partial charge >= 0.3 is 5.97 Å². The third-order valence-corrected chi connectivity index (χ3v) is 5.27. The van der Waals surface area contributed by atoms with E-state index in [1.54, 1.807) is 39.5 Å². The van der Waals surface area contributed by atoms with E-state index in [0.717, 1.165) is 51.1 Å². The van der Waals surface area contributed by atoms with Gasteiger partial charge in [0.1, 0.15) is 5.75 Å². The Morgan fingerprint density at radius 1 is 0.844 bits per heavy atom. The molecule has 0 unspecified atom stereocenters. The highest BCUT2D eigenvalue weighted by molar-refractivity contribution is 5.90. The first kappa shape index (κ1) is 27.6. The lowest BCUT2D eigenvalue weighted by molar-refractivity contribution is 0.0494. The van der Waals surface area contributed by atoms with E-state index in [4.69, 9.17) is 18.9 Å². The van der Waals surface area contributed by atoms with Crippen LogP contribution in [0, 0.1) is 0 Å². The van der Waals surface area contributed by atoms with Crippen LogP contribution in [0.25, 0.3) is 0 Å². The van der Waals surface area contributed by atoms with Gasteiger partial charge in [0.05, 0.1) is 33.5 Å². The lowest BCUT2D eigenvalue weighted by Crippen LogP contribution is -2.26. The molecule has 0 heterocycles. The number of unbranched alkanes of at least 4 members (excludes halogenated alkanes) is 1. The Kier molecular flexibility index (Phi) is 13.3. The van der Waals surface area contributed by atoms with Crippen molar-refractivity contribution in [3.63, 3.8) is 0 Å². The molecule has 7 heteroatoms. The minimum Gasteiger partial charge on any atom is -0.497 e. The molecule has 0 fully saturated rings. The average molecular weight is 466 g/mol. The molecular formula is C25H36ClNO5. The van der Waals surface area contributed by atoms with Crippen molar-refractivity contribution in [2.45, 2.75) is 32.6 Å². The zero-order valence-corrected chi connectivity index (χ0v) is 20.4. The second-order valence-corrected chi connectivity index (χ2v) is 7.30.